The first-order valence-corrected chi connectivity index (χ1v) is 8.96. The number of anilines is 1. The highest BCUT2D eigenvalue weighted by molar-refractivity contribution is 6.39. The van der Waals surface area contributed by atoms with Crippen molar-refractivity contribution in [3.63, 3.8) is 0 Å². The molecule has 0 fully saturated rings. The number of para-hydroxylation sites is 1. The number of hydrogen-bond donors (Lipinski definition) is 1. The summed E-state index contributed by atoms with van der Waals surface area (Å²) >= 11 is 12.1. The Morgan fingerprint density at radius 1 is 0.893 bits per heavy atom. The molecule has 0 saturated carbocycles. The Morgan fingerprint density at radius 2 is 1.57 bits per heavy atom. The fourth-order valence-electron chi connectivity index (χ4n) is 2.49. The first-order valence-electron chi connectivity index (χ1n) is 8.20. The average Bonchev–Trinajstić information content (AvgIpc) is 2.71. The molecule has 0 unspecified atom stereocenters. The van der Waals surface area contributed by atoms with E-state index < -0.39 is 6.09 Å². The molecule has 0 aliphatic heterocycles. The van der Waals surface area contributed by atoms with Gasteiger partial charge in [-0.3, -0.25) is 10.1 Å². The summed E-state index contributed by atoms with van der Waals surface area (Å²) in [5.74, 6) is 0.193. The van der Waals surface area contributed by atoms with Crippen molar-refractivity contribution in [1.82, 2.24) is 0 Å². The highest BCUT2D eigenvalue weighted by atomic mass is 35.5. The van der Waals surface area contributed by atoms with Gasteiger partial charge in [-0.05, 0) is 24.3 Å². The molecule has 0 saturated heterocycles. The molecule has 0 atom stereocenters. The molecule has 1 amide bonds. The molecule has 28 heavy (non-hydrogen) atoms. The zero-order chi connectivity index (χ0) is 20.1. The Kier molecular flexibility index (Phi) is 6.19. The van der Waals surface area contributed by atoms with Crippen LogP contribution in [-0.2, 0) is 0 Å². The van der Waals surface area contributed by atoms with E-state index in [4.69, 9.17) is 32.7 Å². The summed E-state index contributed by atoms with van der Waals surface area (Å²) in [6, 6.07) is 18.1. The maximum absolute atomic E-state index is 12.8. The third-order valence-corrected chi connectivity index (χ3v) is 4.49. The summed E-state index contributed by atoms with van der Waals surface area (Å²) < 4.78 is 10.5. The summed E-state index contributed by atoms with van der Waals surface area (Å²) in [4.78, 5) is 25.2. The van der Waals surface area contributed by atoms with Gasteiger partial charge >= 0.3 is 6.09 Å². The van der Waals surface area contributed by atoms with Crippen molar-refractivity contribution >= 4 is 40.8 Å². The lowest BCUT2D eigenvalue weighted by Crippen LogP contribution is -2.19. The molecule has 3 rings (SSSR count). The van der Waals surface area contributed by atoms with Gasteiger partial charge in [0.2, 0.25) is 0 Å². The maximum Gasteiger partial charge on any atom is 0.417 e. The second kappa shape index (κ2) is 8.78. The molecular formula is C21H15Cl2NO4. The molecule has 0 bridgehead atoms. The number of methoxy groups -OCH3 is 1. The largest absolute Gasteiger partial charge is 0.497 e. The predicted octanol–water partition coefficient (Wildman–Crippen LogP) is 5.84. The molecule has 0 aromatic heterocycles. The van der Waals surface area contributed by atoms with Crippen molar-refractivity contribution in [2.24, 2.45) is 0 Å². The molecule has 3 aromatic carbocycles. The summed E-state index contributed by atoms with van der Waals surface area (Å²) in [5.41, 5.74) is 0.897. The van der Waals surface area contributed by atoms with Gasteiger partial charge in [0.1, 0.15) is 11.5 Å². The van der Waals surface area contributed by atoms with Crippen LogP contribution in [0.25, 0.3) is 0 Å². The van der Waals surface area contributed by atoms with E-state index in [1.165, 1.54) is 13.2 Å². The molecule has 0 heterocycles. The Labute approximate surface area is 171 Å². The molecule has 142 valence electrons. The topological polar surface area (TPSA) is 64.6 Å². The van der Waals surface area contributed by atoms with Crippen LogP contribution in [0, 0.1) is 0 Å². The SMILES string of the molecule is COc1ccc(C(=O)c2ccccc2)c(OC(=O)Nc2c(Cl)cccc2Cl)c1. The summed E-state index contributed by atoms with van der Waals surface area (Å²) in [6.07, 6.45) is -0.842. The standard InChI is InChI=1S/C21H15Cl2NO4/c1-27-14-10-11-15(20(25)13-6-3-2-4-7-13)18(12-14)28-21(26)24-19-16(22)8-5-9-17(19)23/h2-12H,1H3,(H,24,26). The summed E-state index contributed by atoms with van der Waals surface area (Å²) in [7, 11) is 1.47. The van der Waals surface area contributed by atoms with Gasteiger partial charge in [-0.15, -0.1) is 0 Å². The van der Waals surface area contributed by atoms with Crippen LogP contribution in [-0.4, -0.2) is 19.0 Å². The molecule has 0 spiro atoms. The second-order valence-corrected chi connectivity index (χ2v) is 6.48. The van der Waals surface area contributed by atoms with Crippen LogP contribution in [0.4, 0.5) is 10.5 Å². The van der Waals surface area contributed by atoms with Gasteiger partial charge < -0.3 is 9.47 Å². The Balaban J connectivity index is 1.90. The molecule has 0 radical (unpaired) electrons. The van der Waals surface area contributed by atoms with Crippen molar-refractivity contribution in [3.8, 4) is 11.5 Å². The second-order valence-electron chi connectivity index (χ2n) is 5.67. The van der Waals surface area contributed by atoms with E-state index in [1.807, 2.05) is 6.07 Å². The van der Waals surface area contributed by atoms with Gasteiger partial charge in [0.15, 0.2) is 5.78 Å². The van der Waals surface area contributed by atoms with Gasteiger partial charge in [-0.1, -0.05) is 59.6 Å². The van der Waals surface area contributed by atoms with Crippen molar-refractivity contribution in [2.75, 3.05) is 12.4 Å². The number of nitrogens with one attached hydrogen (secondary N) is 1. The van der Waals surface area contributed by atoms with Gasteiger partial charge in [0, 0.05) is 11.6 Å². The lowest BCUT2D eigenvalue weighted by Gasteiger charge is -2.13. The number of rotatable bonds is 5. The van der Waals surface area contributed by atoms with E-state index in [0.717, 1.165) is 0 Å². The Morgan fingerprint density at radius 3 is 2.21 bits per heavy atom. The zero-order valence-electron chi connectivity index (χ0n) is 14.7. The number of ether oxygens (including phenoxy) is 2. The van der Waals surface area contributed by atoms with E-state index in [-0.39, 0.29) is 32.8 Å². The number of amides is 1. The highest BCUT2D eigenvalue weighted by Crippen LogP contribution is 2.31. The van der Waals surface area contributed by atoms with E-state index in [0.29, 0.717) is 11.3 Å². The van der Waals surface area contributed by atoms with Crippen LogP contribution in [0.2, 0.25) is 10.0 Å². The third kappa shape index (κ3) is 4.44. The van der Waals surface area contributed by atoms with Gasteiger partial charge in [0.05, 0.1) is 28.4 Å². The molecular weight excluding hydrogens is 401 g/mol. The number of carbonyl (C=O) groups excluding carboxylic acids is 2. The van der Waals surface area contributed by atoms with Crippen LogP contribution < -0.4 is 14.8 Å². The van der Waals surface area contributed by atoms with Crippen molar-refractivity contribution < 1.29 is 19.1 Å². The number of halogens is 2. The minimum atomic E-state index is -0.842. The molecule has 5 nitrogen and oxygen atoms in total. The van der Waals surface area contributed by atoms with E-state index >= 15 is 0 Å². The fraction of sp³-hybridized carbons (Fsp3) is 0.0476. The predicted molar refractivity (Wildman–Crippen MR) is 109 cm³/mol. The van der Waals surface area contributed by atoms with E-state index in [1.54, 1.807) is 54.6 Å². The molecule has 1 N–H and O–H groups in total. The number of ketones is 1. The van der Waals surface area contributed by atoms with Gasteiger partial charge in [-0.25, -0.2) is 4.79 Å². The molecule has 0 aliphatic carbocycles. The first-order chi connectivity index (χ1) is 13.5. The van der Waals surface area contributed by atoms with Gasteiger partial charge in [0.25, 0.3) is 0 Å². The van der Waals surface area contributed by atoms with Crippen LogP contribution in [0.15, 0.2) is 66.7 Å². The van der Waals surface area contributed by atoms with Crippen LogP contribution in [0.1, 0.15) is 15.9 Å². The van der Waals surface area contributed by atoms with E-state index in [9.17, 15) is 9.59 Å². The lowest BCUT2D eigenvalue weighted by atomic mass is 10.0. The fourth-order valence-corrected chi connectivity index (χ4v) is 2.98. The first kappa shape index (κ1) is 19.7. The zero-order valence-corrected chi connectivity index (χ0v) is 16.3. The average molecular weight is 416 g/mol. The monoisotopic (exact) mass is 415 g/mol. The van der Waals surface area contributed by atoms with Crippen LogP contribution >= 0.6 is 23.2 Å². The quantitative estimate of drug-likeness (QED) is 0.531. The minimum absolute atomic E-state index is 0.0499. The summed E-state index contributed by atoms with van der Waals surface area (Å²) in [6.45, 7) is 0. The van der Waals surface area contributed by atoms with Crippen LogP contribution in [0.3, 0.4) is 0 Å². The lowest BCUT2D eigenvalue weighted by molar-refractivity contribution is 0.103. The van der Waals surface area contributed by atoms with E-state index in [2.05, 4.69) is 5.32 Å². The van der Waals surface area contributed by atoms with Crippen LogP contribution in [0.5, 0.6) is 11.5 Å². The molecule has 7 heteroatoms. The number of carbonyl (C=O) groups is 2. The van der Waals surface area contributed by atoms with Crippen molar-refractivity contribution in [1.29, 1.82) is 0 Å². The maximum atomic E-state index is 12.8. The summed E-state index contributed by atoms with van der Waals surface area (Å²) in [5, 5.41) is 3.01. The van der Waals surface area contributed by atoms with Crippen molar-refractivity contribution in [3.05, 3.63) is 87.9 Å². The Bertz CT molecular complexity index is 1000. The number of benzene rings is 3. The van der Waals surface area contributed by atoms with Crippen molar-refractivity contribution in [2.45, 2.75) is 0 Å². The normalized spacial score (nSPS) is 10.2. The molecule has 3 aromatic rings. The third-order valence-electron chi connectivity index (χ3n) is 3.86. The van der Waals surface area contributed by atoms with Gasteiger partial charge in [-0.2, -0.15) is 0 Å². The minimum Gasteiger partial charge on any atom is -0.497 e. The molecule has 0 aliphatic rings. The number of hydrogen-bond acceptors (Lipinski definition) is 4. The smallest absolute Gasteiger partial charge is 0.417 e. The Hall–Kier alpha value is -3.02. The highest BCUT2D eigenvalue weighted by Gasteiger charge is 2.19.